The first-order valence-corrected chi connectivity index (χ1v) is 7.42. The highest BCUT2D eigenvalue weighted by molar-refractivity contribution is 5.89. The summed E-state index contributed by atoms with van der Waals surface area (Å²) < 4.78 is 42.4. The molecule has 9 heteroatoms. The number of alkyl halides is 3. The number of rotatable bonds is 5. The highest BCUT2D eigenvalue weighted by Crippen LogP contribution is 2.22. The molecule has 1 aliphatic heterocycles. The second kappa shape index (κ2) is 7.48. The minimum Gasteiger partial charge on any atom is -0.373 e. The predicted molar refractivity (Wildman–Crippen MR) is 77.5 cm³/mol. The number of amides is 2. The molecule has 0 aliphatic carbocycles. The highest BCUT2D eigenvalue weighted by atomic mass is 19.4. The molecule has 3 N–H and O–H groups in total. The Bertz CT molecular complexity index is 435. The molecule has 0 unspecified atom stereocenters. The van der Waals surface area contributed by atoms with E-state index in [0.717, 1.165) is 0 Å². The third-order valence-corrected chi connectivity index (χ3v) is 3.26. The molecule has 23 heavy (non-hydrogen) atoms. The summed E-state index contributed by atoms with van der Waals surface area (Å²) in [6.45, 7) is 5.87. The molecule has 6 nitrogen and oxygen atoms in total. The Morgan fingerprint density at radius 2 is 2.04 bits per heavy atom. The van der Waals surface area contributed by atoms with Gasteiger partial charge in [0.2, 0.25) is 11.8 Å². The van der Waals surface area contributed by atoms with Gasteiger partial charge >= 0.3 is 6.18 Å². The Hall–Kier alpha value is -1.35. The van der Waals surface area contributed by atoms with Gasteiger partial charge in [-0.1, -0.05) is 0 Å². The summed E-state index contributed by atoms with van der Waals surface area (Å²) in [5, 5.41) is 2.62. The van der Waals surface area contributed by atoms with E-state index in [-0.39, 0.29) is 25.6 Å². The number of halogens is 3. The zero-order valence-electron chi connectivity index (χ0n) is 13.6. The summed E-state index contributed by atoms with van der Waals surface area (Å²) in [6.07, 6.45) is -6.12. The smallest absolute Gasteiger partial charge is 0.373 e. The molecule has 0 bridgehead atoms. The van der Waals surface area contributed by atoms with Gasteiger partial charge in [0.25, 0.3) is 0 Å². The molecule has 1 fully saturated rings. The van der Waals surface area contributed by atoms with E-state index in [1.165, 1.54) is 4.90 Å². The number of nitrogens with two attached hydrogens (primary N) is 1. The number of carbonyl (C=O) groups is 2. The number of hydrogen-bond donors (Lipinski definition) is 2. The van der Waals surface area contributed by atoms with Crippen LogP contribution in [-0.2, 0) is 14.3 Å². The second-order valence-corrected chi connectivity index (χ2v) is 6.60. The summed E-state index contributed by atoms with van der Waals surface area (Å²) in [7, 11) is 0. The van der Waals surface area contributed by atoms with Gasteiger partial charge in [-0.15, -0.1) is 0 Å². The summed E-state index contributed by atoms with van der Waals surface area (Å²) in [4.78, 5) is 25.4. The van der Waals surface area contributed by atoms with Crippen molar-refractivity contribution in [2.24, 2.45) is 5.73 Å². The molecule has 134 valence electrons. The van der Waals surface area contributed by atoms with Gasteiger partial charge in [0.05, 0.1) is 18.6 Å². The molecule has 0 aromatic carbocycles. The standard InChI is InChI=1S/C14H24F3N3O3/c1-13(2,3)23-8-10-12(22)19-4-5-20(10)11(21)6-9(18)7-14(15,16)17/h9-10H,4-8,18H2,1-3H3,(H,19,22)/t9-,10-/m1/s1. The summed E-state index contributed by atoms with van der Waals surface area (Å²) in [5.41, 5.74) is 4.89. The maximum atomic E-state index is 12.3. The van der Waals surface area contributed by atoms with Crippen molar-refractivity contribution in [1.82, 2.24) is 10.2 Å². The maximum absolute atomic E-state index is 12.3. The molecule has 0 radical (unpaired) electrons. The normalized spacial score (nSPS) is 21.1. The van der Waals surface area contributed by atoms with E-state index < -0.39 is 42.6 Å². The van der Waals surface area contributed by atoms with Gasteiger partial charge in [0.15, 0.2) is 0 Å². The number of nitrogens with zero attached hydrogens (tertiary/aromatic N) is 1. The number of ether oxygens (including phenoxy) is 1. The number of piperazine rings is 1. The van der Waals surface area contributed by atoms with Crippen molar-refractivity contribution in [2.45, 2.75) is 57.5 Å². The summed E-state index contributed by atoms with van der Waals surface area (Å²) in [6, 6.07) is -2.18. The molecular weight excluding hydrogens is 315 g/mol. The molecule has 0 aromatic rings. The number of carbonyl (C=O) groups excluding carboxylic acids is 2. The highest BCUT2D eigenvalue weighted by Gasteiger charge is 2.36. The molecule has 1 saturated heterocycles. The van der Waals surface area contributed by atoms with Crippen molar-refractivity contribution in [1.29, 1.82) is 0 Å². The van der Waals surface area contributed by atoms with Crippen molar-refractivity contribution in [2.75, 3.05) is 19.7 Å². The monoisotopic (exact) mass is 339 g/mol. The van der Waals surface area contributed by atoms with Gasteiger partial charge in [0, 0.05) is 25.6 Å². The van der Waals surface area contributed by atoms with Crippen molar-refractivity contribution in [3.8, 4) is 0 Å². The van der Waals surface area contributed by atoms with Crippen LogP contribution >= 0.6 is 0 Å². The molecule has 2 amide bonds. The molecule has 0 saturated carbocycles. The van der Waals surface area contributed by atoms with Crippen molar-refractivity contribution in [3.05, 3.63) is 0 Å². The van der Waals surface area contributed by atoms with Crippen LogP contribution in [0, 0.1) is 0 Å². The Kier molecular flexibility index (Phi) is 6.41. The van der Waals surface area contributed by atoms with E-state index in [0.29, 0.717) is 0 Å². The molecule has 0 spiro atoms. The molecule has 2 atom stereocenters. The first kappa shape index (κ1) is 19.7. The Morgan fingerprint density at radius 3 is 2.57 bits per heavy atom. The van der Waals surface area contributed by atoms with E-state index in [1.807, 2.05) is 0 Å². The van der Waals surface area contributed by atoms with E-state index >= 15 is 0 Å². The van der Waals surface area contributed by atoms with Crippen LogP contribution in [0.3, 0.4) is 0 Å². The lowest BCUT2D eigenvalue weighted by Crippen LogP contribution is -2.60. The number of hydrogen-bond acceptors (Lipinski definition) is 4. The summed E-state index contributed by atoms with van der Waals surface area (Å²) in [5.74, 6) is -0.947. The number of nitrogens with one attached hydrogen (secondary N) is 1. The average molecular weight is 339 g/mol. The average Bonchev–Trinajstić information content (AvgIpc) is 2.33. The molecule has 1 rings (SSSR count). The van der Waals surface area contributed by atoms with E-state index in [1.54, 1.807) is 20.8 Å². The fourth-order valence-electron chi connectivity index (χ4n) is 2.22. The van der Waals surface area contributed by atoms with E-state index in [9.17, 15) is 22.8 Å². The first-order chi connectivity index (χ1) is 10.4. The molecule has 0 aromatic heterocycles. The quantitative estimate of drug-likeness (QED) is 0.776. The Labute approximate surface area is 133 Å². The van der Waals surface area contributed by atoms with Crippen molar-refractivity contribution < 1.29 is 27.5 Å². The van der Waals surface area contributed by atoms with Crippen LogP contribution in [0.1, 0.15) is 33.6 Å². The van der Waals surface area contributed by atoms with Crippen molar-refractivity contribution in [3.63, 3.8) is 0 Å². The first-order valence-electron chi connectivity index (χ1n) is 7.42. The van der Waals surface area contributed by atoms with Crippen LogP contribution in [0.4, 0.5) is 13.2 Å². The molecule has 1 aliphatic rings. The third-order valence-electron chi connectivity index (χ3n) is 3.26. The molecule has 1 heterocycles. The predicted octanol–water partition coefficient (Wildman–Crippen LogP) is 0.798. The second-order valence-electron chi connectivity index (χ2n) is 6.60. The third kappa shape index (κ3) is 7.17. The topological polar surface area (TPSA) is 84.7 Å². The SMILES string of the molecule is CC(C)(C)OC[C@@H]1C(=O)NCCN1C(=O)C[C@@H](N)CC(F)(F)F. The van der Waals surface area contributed by atoms with Gasteiger partial charge in [0.1, 0.15) is 6.04 Å². The lowest BCUT2D eigenvalue weighted by Gasteiger charge is -2.36. The van der Waals surface area contributed by atoms with Gasteiger partial charge in [-0.2, -0.15) is 13.2 Å². The van der Waals surface area contributed by atoms with Crippen molar-refractivity contribution >= 4 is 11.8 Å². The van der Waals surface area contributed by atoms with Crippen LogP contribution in [-0.4, -0.2) is 60.3 Å². The van der Waals surface area contributed by atoms with E-state index in [2.05, 4.69) is 5.32 Å². The van der Waals surface area contributed by atoms with Crippen LogP contribution < -0.4 is 11.1 Å². The minimum absolute atomic E-state index is 0.0183. The van der Waals surface area contributed by atoms with Crippen LogP contribution in [0.5, 0.6) is 0 Å². The van der Waals surface area contributed by atoms with Gasteiger partial charge < -0.3 is 20.7 Å². The maximum Gasteiger partial charge on any atom is 0.390 e. The van der Waals surface area contributed by atoms with Crippen LogP contribution in [0.2, 0.25) is 0 Å². The summed E-state index contributed by atoms with van der Waals surface area (Å²) >= 11 is 0. The zero-order chi connectivity index (χ0) is 17.8. The fourth-order valence-corrected chi connectivity index (χ4v) is 2.22. The Balaban J connectivity index is 2.69. The Morgan fingerprint density at radius 1 is 1.43 bits per heavy atom. The van der Waals surface area contributed by atoms with Gasteiger partial charge in [-0.25, -0.2) is 0 Å². The molecular formula is C14H24F3N3O3. The van der Waals surface area contributed by atoms with Crippen LogP contribution in [0.15, 0.2) is 0 Å². The minimum atomic E-state index is -4.42. The van der Waals surface area contributed by atoms with Gasteiger partial charge in [-0.3, -0.25) is 9.59 Å². The van der Waals surface area contributed by atoms with Crippen LogP contribution in [0.25, 0.3) is 0 Å². The van der Waals surface area contributed by atoms with E-state index in [4.69, 9.17) is 10.5 Å². The zero-order valence-corrected chi connectivity index (χ0v) is 13.6. The van der Waals surface area contributed by atoms with Gasteiger partial charge in [-0.05, 0) is 20.8 Å². The largest absolute Gasteiger partial charge is 0.390 e. The lowest BCUT2D eigenvalue weighted by molar-refractivity contribution is -0.151. The fraction of sp³-hybridized carbons (Fsp3) is 0.857. The lowest BCUT2D eigenvalue weighted by atomic mass is 10.1.